The summed E-state index contributed by atoms with van der Waals surface area (Å²) in [6.07, 6.45) is 2.05. The summed E-state index contributed by atoms with van der Waals surface area (Å²) in [5.74, 6) is -1.00. The van der Waals surface area contributed by atoms with E-state index in [1.54, 1.807) is 12.1 Å². The quantitative estimate of drug-likeness (QED) is 0.828. The Morgan fingerprint density at radius 1 is 1.50 bits per heavy atom. The van der Waals surface area contributed by atoms with Crippen molar-refractivity contribution in [3.8, 4) is 0 Å². The van der Waals surface area contributed by atoms with Gasteiger partial charge in [-0.2, -0.15) is 0 Å². The smallest absolute Gasteiger partial charge is 0.303 e. The first-order valence-corrected chi connectivity index (χ1v) is 5.98. The number of rotatable bonds is 6. The molecular formula is C12H15ClN2O3. The highest BCUT2D eigenvalue weighted by Gasteiger charge is 2.10. The van der Waals surface area contributed by atoms with E-state index in [1.807, 2.05) is 6.92 Å². The third-order valence-corrected chi connectivity index (χ3v) is 2.65. The van der Waals surface area contributed by atoms with Gasteiger partial charge >= 0.3 is 5.97 Å². The summed E-state index contributed by atoms with van der Waals surface area (Å²) in [4.78, 5) is 25.9. The van der Waals surface area contributed by atoms with E-state index >= 15 is 0 Å². The minimum Gasteiger partial charge on any atom is -0.481 e. The maximum absolute atomic E-state index is 11.7. The Hall–Kier alpha value is -1.62. The second kappa shape index (κ2) is 6.96. The maximum Gasteiger partial charge on any atom is 0.303 e. The molecule has 18 heavy (non-hydrogen) atoms. The molecule has 1 aromatic heterocycles. The molecule has 1 heterocycles. The standard InChI is InChI=1S/C12H15ClN2O3/c1-8(2-5-11(16)17)6-15-12(18)10-4-3-9(13)7-14-10/h3-4,7-8H,2,5-6H2,1H3,(H,15,18)(H,16,17). The summed E-state index contributed by atoms with van der Waals surface area (Å²) >= 11 is 5.66. The van der Waals surface area contributed by atoms with Crippen LogP contribution in [0.3, 0.4) is 0 Å². The lowest BCUT2D eigenvalue weighted by atomic mass is 10.1. The molecule has 1 atom stereocenters. The van der Waals surface area contributed by atoms with Crippen molar-refractivity contribution in [2.24, 2.45) is 5.92 Å². The first-order valence-electron chi connectivity index (χ1n) is 5.60. The number of hydrogen-bond donors (Lipinski definition) is 2. The van der Waals surface area contributed by atoms with Crippen LogP contribution in [0.2, 0.25) is 5.02 Å². The molecule has 2 N–H and O–H groups in total. The molecule has 0 aliphatic rings. The fourth-order valence-electron chi connectivity index (χ4n) is 1.34. The fraction of sp³-hybridized carbons (Fsp3) is 0.417. The monoisotopic (exact) mass is 270 g/mol. The van der Waals surface area contributed by atoms with Gasteiger partial charge in [0.15, 0.2) is 0 Å². The predicted octanol–water partition coefficient (Wildman–Crippen LogP) is 1.97. The van der Waals surface area contributed by atoms with Crippen molar-refractivity contribution in [2.45, 2.75) is 19.8 Å². The van der Waals surface area contributed by atoms with E-state index in [1.165, 1.54) is 6.20 Å². The van der Waals surface area contributed by atoms with Gasteiger partial charge in [-0.3, -0.25) is 9.59 Å². The lowest BCUT2D eigenvalue weighted by Crippen LogP contribution is -2.29. The van der Waals surface area contributed by atoms with Gasteiger partial charge in [-0.05, 0) is 24.5 Å². The summed E-state index contributed by atoms with van der Waals surface area (Å²) in [5.41, 5.74) is 0.296. The summed E-state index contributed by atoms with van der Waals surface area (Å²) < 4.78 is 0. The van der Waals surface area contributed by atoms with Crippen LogP contribution in [0.25, 0.3) is 0 Å². The number of halogens is 1. The predicted molar refractivity (Wildman–Crippen MR) is 67.6 cm³/mol. The lowest BCUT2D eigenvalue weighted by molar-refractivity contribution is -0.137. The molecule has 98 valence electrons. The third kappa shape index (κ3) is 5.14. The molecule has 1 rings (SSSR count). The van der Waals surface area contributed by atoms with Crippen LogP contribution in [0.1, 0.15) is 30.3 Å². The molecule has 0 fully saturated rings. The molecule has 1 aromatic rings. The van der Waals surface area contributed by atoms with Crippen LogP contribution in [0.5, 0.6) is 0 Å². The lowest BCUT2D eigenvalue weighted by Gasteiger charge is -2.11. The molecule has 0 aromatic carbocycles. The number of carboxylic acids is 1. The molecule has 1 unspecified atom stereocenters. The topological polar surface area (TPSA) is 79.3 Å². The number of carbonyl (C=O) groups excluding carboxylic acids is 1. The van der Waals surface area contributed by atoms with Crippen LogP contribution in [0, 0.1) is 5.92 Å². The molecular weight excluding hydrogens is 256 g/mol. The van der Waals surface area contributed by atoms with Crippen molar-refractivity contribution in [3.05, 3.63) is 29.0 Å². The van der Waals surface area contributed by atoms with Crippen molar-refractivity contribution in [1.29, 1.82) is 0 Å². The minimum absolute atomic E-state index is 0.107. The van der Waals surface area contributed by atoms with Crippen LogP contribution in [-0.4, -0.2) is 28.5 Å². The molecule has 0 spiro atoms. The largest absolute Gasteiger partial charge is 0.481 e. The Bertz CT molecular complexity index is 420. The second-order valence-electron chi connectivity index (χ2n) is 4.11. The van der Waals surface area contributed by atoms with Gasteiger partial charge in [0, 0.05) is 19.2 Å². The van der Waals surface area contributed by atoms with Crippen molar-refractivity contribution in [2.75, 3.05) is 6.54 Å². The summed E-state index contributed by atoms with van der Waals surface area (Å²) in [7, 11) is 0. The van der Waals surface area contributed by atoms with Crippen molar-refractivity contribution in [1.82, 2.24) is 10.3 Å². The Morgan fingerprint density at radius 2 is 2.22 bits per heavy atom. The van der Waals surface area contributed by atoms with E-state index in [4.69, 9.17) is 16.7 Å². The van der Waals surface area contributed by atoms with Gasteiger partial charge in [-0.1, -0.05) is 18.5 Å². The molecule has 1 amide bonds. The number of hydrogen-bond acceptors (Lipinski definition) is 3. The number of aromatic nitrogens is 1. The average molecular weight is 271 g/mol. The number of carboxylic acid groups (broad SMARTS) is 1. The molecule has 0 bridgehead atoms. The third-order valence-electron chi connectivity index (χ3n) is 2.42. The number of carbonyl (C=O) groups is 2. The van der Waals surface area contributed by atoms with Crippen molar-refractivity contribution in [3.63, 3.8) is 0 Å². The number of nitrogens with one attached hydrogen (secondary N) is 1. The molecule has 0 aliphatic heterocycles. The Kier molecular flexibility index (Phi) is 5.58. The van der Waals surface area contributed by atoms with Crippen molar-refractivity contribution < 1.29 is 14.7 Å². The fourth-order valence-corrected chi connectivity index (χ4v) is 1.45. The van der Waals surface area contributed by atoms with Crippen LogP contribution in [-0.2, 0) is 4.79 Å². The normalized spacial score (nSPS) is 11.9. The van der Waals surface area contributed by atoms with Gasteiger partial charge < -0.3 is 10.4 Å². The molecule has 0 saturated carbocycles. The summed E-state index contributed by atoms with van der Waals surface area (Å²) in [6, 6.07) is 3.14. The van der Waals surface area contributed by atoms with Crippen LogP contribution >= 0.6 is 11.6 Å². The Morgan fingerprint density at radius 3 is 2.78 bits per heavy atom. The highest BCUT2D eigenvalue weighted by molar-refractivity contribution is 6.30. The molecule has 6 heteroatoms. The van der Waals surface area contributed by atoms with Crippen LogP contribution in [0.4, 0.5) is 0 Å². The number of amides is 1. The zero-order valence-electron chi connectivity index (χ0n) is 10.0. The Balaban J connectivity index is 2.36. The molecule has 5 nitrogen and oxygen atoms in total. The van der Waals surface area contributed by atoms with E-state index in [0.717, 1.165) is 0 Å². The summed E-state index contributed by atoms with van der Waals surface area (Å²) in [6.45, 7) is 2.31. The highest BCUT2D eigenvalue weighted by Crippen LogP contribution is 2.07. The second-order valence-corrected chi connectivity index (χ2v) is 4.55. The van der Waals surface area contributed by atoms with Gasteiger partial charge in [0.25, 0.3) is 5.91 Å². The molecule has 0 aliphatic carbocycles. The van der Waals surface area contributed by atoms with E-state index in [-0.39, 0.29) is 18.2 Å². The highest BCUT2D eigenvalue weighted by atomic mass is 35.5. The van der Waals surface area contributed by atoms with E-state index in [0.29, 0.717) is 23.7 Å². The van der Waals surface area contributed by atoms with Gasteiger partial charge in [0.1, 0.15) is 5.69 Å². The zero-order valence-corrected chi connectivity index (χ0v) is 10.8. The van der Waals surface area contributed by atoms with Gasteiger partial charge in [0.05, 0.1) is 5.02 Å². The van der Waals surface area contributed by atoms with Gasteiger partial charge in [0.2, 0.25) is 0 Å². The van der Waals surface area contributed by atoms with E-state index in [9.17, 15) is 9.59 Å². The van der Waals surface area contributed by atoms with Gasteiger partial charge in [-0.25, -0.2) is 4.98 Å². The molecule has 0 saturated heterocycles. The average Bonchev–Trinajstić information content (AvgIpc) is 2.34. The van der Waals surface area contributed by atoms with Gasteiger partial charge in [-0.15, -0.1) is 0 Å². The minimum atomic E-state index is -0.826. The Labute approximate surface area is 110 Å². The van der Waals surface area contributed by atoms with E-state index < -0.39 is 5.97 Å². The zero-order chi connectivity index (χ0) is 13.5. The van der Waals surface area contributed by atoms with Crippen molar-refractivity contribution >= 4 is 23.5 Å². The first kappa shape index (κ1) is 14.4. The number of pyridine rings is 1. The maximum atomic E-state index is 11.7. The SMILES string of the molecule is CC(CCC(=O)O)CNC(=O)c1ccc(Cl)cn1. The van der Waals surface area contributed by atoms with Crippen LogP contribution in [0.15, 0.2) is 18.3 Å². The van der Waals surface area contributed by atoms with E-state index in [2.05, 4.69) is 10.3 Å². The number of aliphatic carboxylic acids is 1. The summed E-state index contributed by atoms with van der Waals surface area (Å²) in [5, 5.41) is 11.7. The van der Waals surface area contributed by atoms with Crippen LogP contribution < -0.4 is 5.32 Å². The molecule has 0 radical (unpaired) electrons. The first-order chi connectivity index (χ1) is 8.49. The number of nitrogens with zero attached hydrogens (tertiary/aromatic N) is 1.